The second-order valence-corrected chi connectivity index (χ2v) is 6.31. The van der Waals surface area contributed by atoms with Crippen LogP contribution in [0.2, 0.25) is 0 Å². The number of carbonyl (C=O) groups excluding carboxylic acids is 1. The number of benzene rings is 2. The van der Waals surface area contributed by atoms with Gasteiger partial charge in [0.05, 0.1) is 6.21 Å². The van der Waals surface area contributed by atoms with E-state index in [9.17, 15) is 4.79 Å². The molecule has 0 atom stereocenters. The summed E-state index contributed by atoms with van der Waals surface area (Å²) in [4.78, 5) is 14.4. The lowest BCUT2D eigenvalue weighted by molar-refractivity contribution is 0.0955. The number of hydrazone groups is 1. The van der Waals surface area contributed by atoms with Crippen molar-refractivity contribution in [2.75, 3.05) is 18.0 Å². The molecule has 24 heavy (non-hydrogen) atoms. The van der Waals surface area contributed by atoms with Crippen molar-refractivity contribution in [2.45, 2.75) is 26.7 Å². The maximum Gasteiger partial charge on any atom is 0.271 e. The summed E-state index contributed by atoms with van der Waals surface area (Å²) in [7, 11) is 0. The summed E-state index contributed by atoms with van der Waals surface area (Å²) in [5, 5.41) is 4.07. The van der Waals surface area contributed by atoms with E-state index in [0.717, 1.165) is 24.2 Å². The second-order valence-electron chi connectivity index (χ2n) is 6.31. The molecule has 124 valence electrons. The van der Waals surface area contributed by atoms with Crippen molar-refractivity contribution in [1.29, 1.82) is 0 Å². The Morgan fingerprint density at radius 1 is 1.08 bits per heavy atom. The first kappa shape index (κ1) is 16.2. The highest BCUT2D eigenvalue weighted by Crippen LogP contribution is 2.24. The third-order valence-corrected chi connectivity index (χ3v) is 4.36. The number of rotatable bonds is 4. The van der Waals surface area contributed by atoms with E-state index >= 15 is 0 Å². The van der Waals surface area contributed by atoms with Crippen LogP contribution < -0.4 is 10.3 Å². The monoisotopic (exact) mass is 321 g/mol. The molecule has 0 aromatic heterocycles. The summed E-state index contributed by atoms with van der Waals surface area (Å²) in [6.45, 7) is 6.39. The fraction of sp³-hybridized carbons (Fsp3) is 0.300. The van der Waals surface area contributed by atoms with Gasteiger partial charge in [-0.05, 0) is 62.1 Å². The van der Waals surface area contributed by atoms with Crippen molar-refractivity contribution >= 4 is 17.8 Å². The van der Waals surface area contributed by atoms with Crippen LogP contribution in [-0.2, 0) is 0 Å². The van der Waals surface area contributed by atoms with Crippen molar-refractivity contribution in [3.05, 3.63) is 64.7 Å². The highest BCUT2D eigenvalue weighted by atomic mass is 16.2. The molecule has 1 saturated heterocycles. The molecule has 1 heterocycles. The van der Waals surface area contributed by atoms with Gasteiger partial charge in [0.15, 0.2) is 0 Å². The molecule has 0 aliphatic carbocycles. The van der Waals surface area contributed by atoms with E-state index in [0.29, 0.717) is 5.56 Å². The fourth-order valence-electron chi connectivity index (χ4n) is 3.01. The number of amides is 1. The van der Waals surface area contributed by atoms with Gasteiger partial charge >= 0.3 is 0 Å². The number of nitrogens with one attached hydrogen (secondary N) is 1. The molecule has 0 radical (unpaired) electrons. The van der Waals surface area contributed by atoms with E-state index in [2.05, 4.69) is 34.5 Å². The molecule has 1 N–H and O–H groups in total. The van der Waals surface area contributed by atoms with Gasteiger partial charge in [-0.1, -0.05) is 23.8 Å². The van der Waals surface area contributed by atoms with Crippen LogP contribution in [-0.4, -0.2) is 25.2 Å². The Bertz CT molecular complexity index is 744. The van der Waals surface area contributed by atoms with Crippen LogP contribution in [0, 0.1) is 13.8 Å². The minimum Gasteiger partial charge on any atom is -0.371 e. The predicted molar refractivity (Wildman–Crippen MR) is 98.9 cm³/mol. The molecule has 0 saturated carbocycles. The number of anilines is 1. The minimum atomic E-state index is -0.198. The quantitative estimate of drug-likeness (QED) is 0.690. The molecule has 1 fully saturated rings. The summed E-state index contributed by atoms with van der Waals surface area (Å²) in [5.41, 5.74) is 7.84. The molecule has 2 aromatic rings. The molecule has 0 unspecified atom stereocenters. The van der Waals surface area contributed by atoms with Gasteiger partial charge < -0.3 is 4.90 Å². The number of aryl methyl sites for hydroxylation is 2. The smallest absolute Gasteiger partial charge is 0.271 e. The summed E-state index contributed by atoms with van der Waals surface area (Å²) >= 11 is 0. The molecular weight excluding hydrogens is 298 g/mol. The maximum absolute atomic E-state index is 12.0. The average molecular weight is 321 g/mol. The lowest BCUT2D eigenvalue weighted by Crippen LogP contribution is -2.19. The topological polar surface area (TPSA) is 44.7 Å². The molecule has 3 rings (SSSR count). The highest BCUT2D eigenvalue weighted by Gasteiger charge is 2.14. The van der Waals surface area contributed by atoms with E-state index in [4.69, 9.17) is 0 Å². The van der Waals surface area contributed by atoms with Gasteiger partial charge in [-0.2, -0.15) is 5.10 Å². The van der Waals surface area contributed by atoms with Gasteiger partial charge in [-0.3, -0.25) is 4.79 Å². The number of hydrogen-bond donors (Lipinski definition) is 1. The number of hydrogen-bond acceptors (Lipinski definition) is 3. The van der Waals surface area contributed by atoms with Crippen molar-refractivity contribution < 1.29 is 4.79 Å². The average Bonchev–Trinajstić information content (AvgIpc) is 3.10. The zero-order valence-corrected chi connectivity index (χ0v) is 14.2. The largest absolute Gasteiger partial charge is 0.371 e. The molecule has 1 aliphatic rings. The van der Waals surface area contributed by atoms with Crippen molar-refractivity contribution in [3.8, 4) is 0 Å². The van der Waals surface area contributed by atoms with Crippen LogP contribution in [0.3, 0.4) is 0 Å². The molecule has 2 aromatic carbocycles. The van der Waals surface area contributed by atoms with E-state index < -0.39 is 0 Å². The third kappa shape index (κ3) is 3.82. The normalized spacial score (nSPS) is 14.3. The van der Waals surface area contributed by atoms with Crippen LogP contribution in [0.25, 0.3) is 0 Å². The molecule has 0 bridgehead atoms. The van der Waals surface area contributed by atoms with Gasteiger partial charge in [-0.25, -0.2) is 5.43 Å². The van der Waals surface area contributed by atoms with Crippen LogP contribution >= 0.6 is 0 Å². The Labute approximate surface area is 143 Å². The van der Waals surface area contributed by atoms with E-state index in [1.807, 2.05) is 25.1 Å². The molecular formula is C20H23N3O. The summed E-state index contributed by atoms with van der Waals surface area (Å²) < 4.78 is 0. The predicted octanol–water partition coefficient (Wildman–Crippen LogP) is 3.67. The SMILES string of the molecule is Cc1ccc(C(=O)N/N=C\c2ccc(N3CCCC3)c(C)c2)cc1. The Kier molecular flexibility index (Phi) is 4.94. The lowest BCUT2D eigenvalue weighted by Gasteiger charge is -2.20. The first-order valence-electron chi connectivity index (χ1n) is 8.39. The Balaban J connectivity index is 1.63. The Morgan fingerprint density at radius 2 is 1.79 bits per heavy atom. The zero-order valence-electron chi connectivity index (χ0n) is 14.2. The lowest BCUT2D eigenvalue weighted by atomic mass is 10.1. The van der Waals surface area contributed by atoms with Crippen molar-refractivity contribution in [3.63, 3.8) is 0 Å². The number of carbonyl (C=O) groups is 1. The van der Waals surface area contributed by atoms with Crippen LogP contribution in [0.15, 0.2) is 47.6 Å². The molecule has 1 aliphatic heterocycles. The van der Waals surface area contributed by atoms with Crippen LogP contribution in [0.5, 0.6) is 0 Å². The van der Waals surface area contributed by atoms with Gasteiger partial charge in [-0.15, -0.1) is 0 Å². The van der Waals surface area contributed by atoms with Crippen LogP contribution in [0.1, 0.15) is 39.9 Å². The first-order chi connectivity index (χ1) is 11.6. The Morgan fingerprint density at radius 3 is 2.46 bits per heavy atom. The standard InChI is InChI=1S/C20H23N3O/c1-15-5-8-18(9-6-15)20(24)22-21-14-17-7-10-19(16(2)13-17)23-11-3-4-12-23/h5-10,13-14H,3-4,11-12H2,1-2H3,(H,22,24)/b21-14-. The van der Waals surface area contributed by atoms with Gasteiger partial charge in [0.1, 0.15) is 0 Å². The highest BCUT2D eigenvalue weighted by molar-refractivity contribution is 5.94. The van der Waals surface area contributed by atoms with E-state index in [1.165, 1.54) is 24.1 Å². The second kappa shape index (κ2) is 7.30. The summed E-state index contributed by atoms with van der Waals surface area (Å²) in [5.74, 6) is -0.198. The number of nitrogens with zero attached hydrogens (tertiary/aromatic N) is 2. The summed E-state index contributed by atoms with van der Waals surface area (Å²) in [6, 6.07) is 13.7. The molecule has 4 heteroatoms. The van der Waals surface area contributed by atoms with Gasteiger partial charge in [0.2, 0.25) is 0 Å². The summed E-state index contributed by atoms with van der Waals surface area (Å²) in [6.07, 6.45) is 4.23. The van der Waals surface area contributed by atoms with Crippen molar-refractivity contribution in [1.82, 2.24) is 5.43 Å². The molecule has 1 amide bonds. The molecule has 4 nitrogen and oxygen atoms in total. The zero-order chi connectivity index (χ0) is 16.9. The maximum atomic E-state index is 12.0. The Hall–Kier alpha value is -2.62. The van der Waals surface area contributed by atoms with Gasteiger partial charge in [0.25, 0.3) is 5.91 Å². The third-order valence-electron chi connectivity index (χ3n) is 4.36. The van der Waals surface area contributed by atoms with Gasteiger partial charge in [0, 0.05) is 24.3 Å². The first-order valence-corrected chi connectivity index (χ1v) is 8.39. The fourth-order valence-corrected chi connectivity index (χ4v) is 3.01. The van der Waals surface area contributed by atoms with E-state index in [-0.39, 0.29) is 5.91 Å². The molecule has 0 spiro atoms. The van der Waals surface area contributed by atoms with E-state index in [1.54, 1.807) is 18.3 Å². The minimum absolute atomic E-state index is 0.198. The van der Waals surface area contributed by atoms with Crippen LogP contribution in [0.4, 0.5) is 5.69 Å². The van der Waals surface area contributed by atoms with Crippen molar-refractivity contribution in [2.24, 2.45) is 5.10 Å².